The number of non-ortho nitro benzene ring substituents is 1. The number of hydrogen-bond acceptors (Lipinski definition) is 7. The average molecular weight is 459 g/mol. The second-order valence-corrected chi connectivity index (χ2v) is 8.28. The van der Waals surface area contributed by atoms with Gasteiger partial charge in [0.1, 0.15) is 12.1 Å². The molecule has 176 valence electrons. The van der Waals surface area contributed by atoms with Crippen LogP contribution >= 0.6 is 0 Å². The van der Waals surface area contributed by atoms with Crippen LogP contribution in [-0.4, -0.2) is 63.4 Å². The Labute approximate surface area is 189 Å². The first-order valence-electron chi connectivity index (χ1n) is 10.5. The summed E-state index contributed by atoms with van der Waals surface area (Å²) < 4.78 is 0. The molecule has 4 amide bonds. The number of likely N-dealkylation sites (tertiary alicyclic amines) is 1. The summed E-state index contributed by atoms with van der Waals surface area (Å²) >= 11 is 0. The lowest BCUT2D eigenvalue weighted by Gasteiger charge is -2.36. The molecule has 12 heteroatoms. The minimum atomic E-state index is -1.71. The van der Waals surface area contributed by atoms with Crippen molar-refractivity contribution in [1.82, 2.24) is 15.5 Å². The molecule has 2 saturated heterocycles. The standard InChI is InChI=1S/C21H25N5O7/c1-12(18(29)23-13-5-7-14(8-6-13)26(32)33)22-19(30)15-4-3-11-25(15)20(31)21(2)16(27)9-10-17(28)24-21/h5-8,12,15H,3-4,9-11H2,1-2H3,(H,22,30)(H,23,29)(H,24,28)/t12-,15-,21+/m0/s1. The van der Waals surface area contributed by atoms with Crippen LogP contribution in [0.3, 0.4) is 0 Å². The number of carbonyl (C=O) groups is 5. The Kier molecular flexibility index (Phi) is 6.75. The Morgan fingerprint density at radius 3 is 2.52 bits per heavy atom. The normalized spacial score (nSPS) is 23.5. The largest absolute Gasteiger partial charge is 0.343 e. The maximum atomic E-state index is 13.1. The van der Waals surface area contributed by atoms with E-state index in [0.717, 1.165) is 0 Å². The van der Waals surface area contributed by atoms with Crippen LogP contribution in [-0.2, 0) is 24.0 Å². The highest BCUT2D eigenvalue weighted by molar-refractivity contribution is 6.15. The molecule has 3 N–H and O–H groups in total. The van der Waals surface area contributed by atoms with E-state index in [4.69, 9.17) is 0 Å². The Bertz CT molecular complexity index is 1010. The molecule has 3 atom stereocenters. The third-order valence-corrected chi connectivity index (χ3v) is 5.87. The average Bonchev–Trinajstić information content (AvgIpc) is 3.26. The van der Waals surface area contributed by atoms with Crippen molar-refractivity contribution in [1.29, 1.82) is 0 Å². The minimum absolute atomic E-state index is 0.0208. The van der Waals surface area contributed by atoms with E-state index < -0.39 is 52.0 Å². The number of nitro groups is 1. The third-order valence-electron chi connectivity index (χ3n) is 5.87. The first-order chi connectivity index (χ1) is 15.5. The van der Waals surface area contributed by atoms with Crippen molar-refractivity contribution in [2.24, 2.45) is 0 Å². The molecule has 0 spiro atoms. The number of ketones is 1. The number of anilines is 1. The summed E-state index contributed by atoms with van der Waals surface area (Å²) in [5, 5.41) is 18.3. The van der Waals surface area contributed by atoms with Crippen molar-refractivity contribution in [2.45, 2.75) is 57.2 Å². The lowest BCUT2D eigenvalue weighted by molar-refractivity contribution is -0.384. The second kappa shape index (κ2) is 9.35. The molecule has 2 heterocycles. The number of benzene rings is 1. The van der Waals surface area contributed by atoms with Gasteiger partial charge in [-0.05, 0) is 38.8 Å². The van der Waals surface area contributed by atoms with Gasteiger partial charge in [-0.2, -0.15) is 0 Å². The highest BCUT2D eigenvalue weighted by atomic mass is 16.6. The van der Waals surface area contributed by atoms with Crippen molar-refractivity contribution < 1.29 is 28.9 Å². The van der Waals surface area contributed by atoms with Gasteiger partial charge in [-0.15, -0.1) is 0 Å². The number of carbonyl (C=O) groups excluding carboxylic acids is 5. The molecular weight excluding hydrogens is 434 g/mol. The summed E-state index contributed by atoms with van der Waals surface area (Å²) in [5.74, 6) is -2.54. The zero-order chi connectivity index (χ0) is 24.3. The molecule has 0 saturated carbocycles. The van der Waals surface area contributed by atoms with Gasteiger partial charge in [-0.1, -0.05) is 0 Å². The van der Waals surface area contributed by atoms with Gasteiger partial charge >= 0.3 is 0 Å². The van der Waals surface area contributed by atoms with E-state index in [1.807, 2.05) is 0 Å². The molecule has 0 aliphatic carbocycles. The van der Waals surface area contributed by atoms with Crippen molar-refractivity contribution in [3.63, 3.8) is 0 Å². The predicted octanol–water partition coefficient (Wildman–Crippen LogP) is 0.267. The Hall–Kier alpha value is -3.83. The fraction of sp³-hybridized carbons (Fsp3) is 0.476. The molecule has 33 heavy (non-hydrogen) atoms. The fourth-order valence-corrected chi connectivity index (χ4v) is 3.92. The molecular formula is C21H25N5O7. The first-order valence-corrected chi connectivity index (χ1v) is 10.5. The van der Waals surface area contributed by atoms with Crippen molar-refractivity contribution in [3.8, 4) is 0 Å². The molecule has 1 aromatic carbocycles. The molecule has 0 radical (unpaired) electrons. The molecule has 0 unspecified atom stereocenters. The summed E-state index contributed by atoms with van der Waals surface area (Å²) in [4.78, 5) is 74.0. The smallest absolute Gasteiger partial charge is 0.269 e. The Balaban J connectivity index is 1.63. The quantitative estimate of drug-likeness (QED) is 0.312. The van der Waals surface area contributed by atoms with E-state index in [1.54, 1.807) is 0 Å². The lowest BCUT2D eigenvalue weighted by Crippen LogP contribution is -2.66. The zero-order valence-electron chi connectivity index (χ0n) is 18.3. The molecule has 1 aromatic rings. The Morgan fingerprint density at radius 2 is 1.88 bits per heavy atom. The maximum Gasteiger partial charge on any atom is 0.269 e. The number of hydrogen-bond donors (Lipinski definition) is 3. The van der Waals surface area contributed by atoms with Crippen LogP contribution in [0.5, 0.6) is 0 Å². The van der Waals surface area contributed by atoms with Crippen LogP contribution in [0.2, 0.25) is 0 Å². The van der Waals surface area contributed by atoms with E-state index in [9.17, 15) is 34.1 Å². The number of nitrogens with zero attached hydrogens (tertiary/aromatic N) is 2. The van der Waals surface area contributed by atoms with Crippen LogP contribution in [0.4, 0.5) is 11.4 Å². The number of amides is 4. The molecule has 0 bridgehead atoms. The van der Waals surface area contributed by atoms with E-state index in [-0.39, 0.29) is 25.1 Å². The summed E-state index contributed by atoms with van der Waals surface area (Å²) in [7, 11) is 0. The molecule has 3 rings (SSSR count). The van der Waals surface area contributed by atoms with Gasteiger partial charge in [0.25, 0.3) is 11.6 Å². The summed E-state index contributed by atoms with van der Waals surface area (Å²) in [6.07, 6.45) is 0.865. The summed E-state index contributed by atoms with van der Waals surface area (Å²) in [5.41, 5.74) is -1.51. The topological polar surface area (TPSA) is 168 Å². The first kappa shape index (κ1) is 23.8. The van der Waals surface area contributed by atoms with Crippen LogP contribution in [0.25, 0.3) is 0 Å². The third kappa shape index (κ3) is 4.99. The van der Waals surface area contributed by atoms with Crippen LogP contribution < -0.4 is 16.0 Å². The number of rotatable bonds is 6. The highest BCUT2D eigenvalue weighted by Gasteiger charge is 2.50. The van der Waals surface area contributed by atoms with Gasteiger partial charge in [0.15, 0.2) is 11.3 Å². The summed E-state index contributed by atoms with van der Waals surface area (Å²) in [6, 6.07) is 3.39. The van der Waals surface area contributed by atoms with Crippen molar-refractivity contribution in [2.75, 3.05) is 11.9 Å². The fourth-order valence-electron chi connectivity index (χ4n) is 3.92. The lowest BCUT2D eigenvalue weighted by atomic mass is 9.87. The number of piperidine rings is 1. The van der Waals surface area contributed by atoms with Gasteiger partial charge in [0, 0.05) is 37.2 Å². The summed E-state index contributed by atoms with van der Waals surface area (Å²) in [6.45, 7) is 3.06. The maximum absolute atomic E-state index is 13.1. The SMILES string of the molecule is C[C@H](NC(=O)[C@@H]1CCCN1C(=O)[C@]1(C)NC(=O)CCC1=O)C(=O)Nc1ccc([N+](=O)[O-])cc1. The second-order valence-electron chi connectivity index (χ2n) is 8.28. The van der Waals surface area contributed by atoms with E-state index in [0.29, 0.717) is 18.5 Å². The van der Waals surface area contributed by atoms with Crippen molar-refractivity contribution in [3.05, 3.63) is 34.4 Å². The molecule has 2 aliphatic rings. The molecule has 2 fully saturated rings. The van der Waals surface area contributed by atoms with Gasteiger partial charge in [-0.25, -0.2) is 0 Å². The zero-order valence-corrected chi connectivity index (χ0v) is 18.3. The number of nitrogens with one attached hydrogen (secondary N) is 3. The van der Waals surface area contributed by atoms with E-state index in [2.05, 4.69) is 16.0 Å². The van der Waals surface area contributed by atoms with Gasteiger partial charge in [-0.3, -0.25) is 34.1 Å². The number of nitro benzene ring substituents is 1. The van der Waals surface area contributed by atoms with E-state index in [1.165, 1.54) is 43.0 Å². The minimum Gasteiger partial charge on any atom is -0.343 e. The molecule has 2 aliphatic heterocycles. The predicted molar refractivity (Wildman–Crippen MR) is 115 cm³/mol. The van der Waals surface area contributed by atoms with E-state index >= 15 is 0 Å². The highest BCUT2D eigenvalue weighted by Crippen LogP contribution is 2.25. The molecule has 12 nitrogen and oxygen atoms in total. The van der Waals surface area contributed by atoms with Crippen LogP contribution in [0.1, 0.15) is 39.5 Å². The van der Waals surface area contributed by atoms with Crippen molar-refractivity contribution >= 4 is 40.8 Å². The van der Waals surface area contributed by atoms with Gasteiger partial charge < -0.3 is 20.9 Å². The van der Waals surface area contributed by atoms with Gasteiger partial charge in [0.05, 0.1) is 4.92 Å². The van der Waals surface area contributed by atoms with Crippen LogP contribution in [0.15, 0.2) is 24.3 Å². The molecule has 0 aromatic heterocycles. The van der Waals surface area contributed by atoms with Gasteiger partial charge in [0.2, 0.25) is 17.7 Å². The number of Topliss-reactive ketones (excluding diaryl/α,β-unsaturated/α-hetero) is 1. The monoisotopic (exact) mass is 459 g/mol. The Morgan fingerprint density at radius 1 is 1.21 bits per heavy atom. The van der Waals surface area contributed by atoms with Crippen LogP contribution in [0, 0.1) is 10.1 Å².